The number of alkyl halides is 3. The second kappa shape index (κ2) is 7.23. The van der Waals surface area contributed by atoms with Gasteiger partial charge in [0.1, 0.15) is 0 Å². The monoisotopic (exact) mass is 396 g/mol. The first-order valence-electron chi connectivity index (χ1n) is 8.20. The van der Waals surface area contributed by atoms with Crippen LogP contribution in [0.2, 0.25) is 5.02 Å². The number of anilines is 2. The summed E-state index contributed by atoms with van der Waals surface area (Å²) in [5.74, 6) is -1.43. The van der Waals surface area contributed by atoms with Gasteiger partial charge in [0.15, 0.2) is 0 Å². The number of carbonyl (C=O) groups is 2. The SMILES string of the molecule is Cc1cccc(N2C[C@@H](C(=O)Nc3cc(C(F)(F)F)ccc3Cl)CC2=O)c1. The minimum Gasteiger partial charge on any atom is -0.324 e. The lowest BCUT2D eigenvalue weighted by molar-refractivity contribution is -0.137. The number of benzene rings is 2. The second-order valence-corrected chi connectivity index (χ2v) is 6.83. The highest BCUT2D eigenvalue weighted by molar-refractivity contribution is 6.33. The minimum absolute atomic E-state index is 0.00351. The summed E-state index contributed by atoms with van der Waals surface area (Å²) in [6.07, 6.45) is -4.56. The summed E-state index contributed by atoms with van der Waals surface area (Å²) in [4.78, 5) is 26.3. The lowest BCUT2D eigenvalue weighted by Crippen LogP contribution is -2.28. The van der Waals surface area contributed by atoms with Crippen LogP contribution in [0, 0.1) is 12.8 Å². The van der Waals surface area contributed by atoms with E-state index in [0.29, 0.717) is 5.69 Å². The summed E-state index contributed by atoms with van der Waals surface area (Å²) in [6, 6.07) is 10.0. The average molecular weight is 397 g/mol. The largest absolute Gasteiger partial charge is 0.416 e. The minimum atomic E-state index is -4.55. The standard InChI is InChI=1S/C19H16ClF3N2O2/c1-11-3-2-4-14(7-11)25-10-12(8-17(25)26)18(27)24-16-9-13(19(21,22)23)5-6-15(16)20/h2-7,9,12H,8,10H2,1H3,(H,24,27)/t12-/m0/s1. The van der Waals surface area contributed by atoms with Gasteiger partial charge >= 0.3 is 6.18 Å². The molecule has 1 heterocycles. The number of hydrogen-bond acceptors (Lipinski definition) is 2. The first kappa shape index (κ1) is 19.2. The van der Waals surface area contributed by atoms with E-state index in [1.54, 1.807) is 6.07 Å². The molecule has 1 atom stereocenters. The summed E-state index contributed by atoms with van der Waals surface area (Å²) in [5.41, 5.74) is 0.625. The molecule has 0 radical (unpaired) electrons. The molecule has 0 aliphatic carbocycles. The van der Waals surface area contributed by atoms with Crippen LogP contribution in [0.1, 0.15) is 17.5 Å². The van der Waals surface area contributed by atoms with Crippen molar-refractivity contribution in [3.05, 3.63) is 58.6 Å². The van der Waals surface area contributed by atoms with Gasteiger partial charge in [0.25, 0.3) is 0 Å². The highest BCUT2D eigenvalue weighted by atomic mass is 35.5. The fraction of sp³-hybridized carbons (Fsp3) is 0.263. The van der Waals surface area contributed by atoms with Crippen LogP contribution in [-0.4, -0.2) is 18.4 Å². The van der Waals surface area contributed by atoms with E-state index in [1.165, 1.54) is 4.90 Å². The molecular weight excluding hydrogens is 381 g/mol. The second-order valence-electron chi connectivity index (χ2n) is 6.43. The zero-order valence-corrected chi connectivity index (χ0v) is 15.1. The van der Waals surface area contributed by atoms with E-state index in [9.17, 15) is 22.8 Å². The van der Waals surface area contributed by atoms with Crippen LogP contribution in [-0.2, 0) is 15.8 Å². The predicted molar refractivity (Wildman–Crippen MR) is 96.7 cm³/mol. The molecule has 0 bridgehead atoms. The quantitative estimate of drug-likeness (QED) is 0.820. The molecule has 142 valence electrons. The Morgan fingerprint density at radius 1 is 1.22 bits per heavy atom. The summed E-state index contributed by atoms with van der Waals surface area (Å²) < 4.78 is 38.6. The van der Waals surface area contributed by atoms with Crippen molar-refractivity contribution in [2.75, 3.05) is 16.8 Å². The van der Waals surface area contributed by atoms with E-state index in [1.807, 2.05) is 25.1 Å². The summed E-state index contributed by atoms with van der Waals surface area (Å²) >= 11 is 5.91. The third-order valence-corrected chi connectivity index (χ3v) is 4.69. The first-order chi connectivity index (χ1) is 12.6. The molecule has 8 heteroatoms. The van der Waals surface area contributed by atoms with E-state index in [2.05, 4.69) is 5.32 Å². The van der Waals surface area contributed by atoms with E-state index in [4.69, 9.17) is 11.6 Å². The molecule has 3 rings (SSSR count). The maximum Gasteiger partial charge on any atom is 0.416 e. The van der Waals surface area contributed by atoms with Crippen molar-refractivity contribution in [2.45, 2.75) is 19.5 Å². The molecule has 1 aliphatic heterocycles. The van der Waals surface area contributed by atoms with Crippen LogP contribution in [0.25, 0.3) is 0 Å². The highest BCUT2D eigenvalue weighted by Crippen LogP contribution is 2.34. The van der Waals surface area contributed by atoms with Gasteiger partial charge in [0.2, 0.25) is 11.8 Å². The number of amides is 2. The molecule has 4 nitrogen and oxygen atoms in total. The molecule has 2 aromatic carbocycles. The predicted octanol–water partition coefficient (Wildman–Crippen LogP) is 4.66. The van der Waals surface area contributed by atoms with Crippen molar-refractivity contribution in [1.29, 1.82) is 0 Å². The van der Waals surface area contributed by atoms with Crippen molar-refractivity contribution < 1.29 is 22.8 Å². The molecule has 1 aliphatic rings. The zero-order valence-electron chi connectivity index (χ0n) is 14.3. The van der Waals surface area contributed by atoms with E-state index in [0.717, 1.165) is 23.8 Å². The molecule has 0 aromatic heterocycles. The number of nitrogens with one attached hydrogen (secondary N) is 1. The topological polar surface area (TPSA) is 49.4 Å². The Labute approximate surface area is 158 Å². The molecule has 0 spiro atoms. The van der Waals surface area contributed by atoms with Gasteiger partial charge < -0.3 is 10.2 Å². The van der Waals surface area contributed by atoms with Crippen molar-refractivity contribution in [1.82, 2.24) is 0 Å². The number of hydrogen-bond donors (Lipinski definition) is 1. The number of nitrogens with zero attached hydrogens (tertiary/aromatic N) is 1. The molecular formula is C19H16ClF3N2O2. The molecule has 0 saturated carbocycles. The molecule has 1 N–H and O–H groups in total. The Morgan fingerprint density at radius 2 is 1.96 bits per heavy atom. The number of halogens is 4. The Hall–Kier alpha value is -2.54. The number of carbonyl (C=O) groups excluding carboxylic acids is 2. The third-order valence-electron chi connectivity index (χ3n) is 4.36. The lowest BCUT2D eigenvalue weighted by atomic mass is 10.1. The molecule has 1 saturated heterocycles. The van der Waals surface area contributed by atoms with Gasteiger partial charge in [0, 0.05) is 18.7 Å². The summed E-state index contributed by atoms with van der Waals surface area (Å²) in [5, 5.41) is 2.42. The van der Waals surface area contributed by atoms with Crippen LogP contribution in [0.15, 0.2) is 42.5 Å². The lowest BCUT2D eigenvalue weighted by Gasteiger charge is -2.17. The molecule has 2 aromatic rings. The van der Waals surface area contributed by atoms with Crippen LogP contribution in [0.3, 0.4) is 0 Å². The summed E-state index contributed by atoms with van der Waals surface area (Å²) in [7, 11) is 0. The molecule has 2 amide bonds. The zero-order chi connectivity index (χ0) is 19.8. The van der Waals surface area contributed by atoms with Crippen molar-refractivity contribution in [3.8, 4) is 0 Å². The van der Waals surface area contributed by atoms with E-state index in [-0.39, 0.29) is 29.6 Å². The van der Waals surface area contributed by atoms with Gasteiger partial charge in [-0.15, -0.1) is 0 Å². The van der Waals surface area contributed by atoms with Gasteiger partial charge in [-0.3, -0.25) is 9.59 Å². The summed E-state index contributed by atoms with van der Waals surface area (Å²) in [6.45, 7) is 2.05. The Bertz CT molecular complexity index is 899. The Morgan fingerprint density at radius 3 is 2.63 bits per heavy atom. The highest BCUT2D eigenvalue weighted by Gasteiger charge is 2.36. The smallest absolute Gasteiger partial charge is 0.324 e. The first-order valence-corrected chi connectivity index (χ1v) is 8.57. The molecule has 0 unspecified atom stereocenters. The van der Waals surface area contributed by atoms with Crippen molar-refractivity contribution in [2.24, 2.45) is 5.92 Å². The van der Waals surface area contributed by atoms with E-state index >= 15 is 0 Å². The fourth-order valence-corrected chi connectivity index (χ4v) is 3.13. The van der Waals surface area contributed by atoms with Gasteiger partial charge in [-0.1, -0.05) is 23.7 Å². The Balaban J connectivity index is 1.75. The normalized spacial score (nSPS) is 17.3. The Kier molecular flexibility index (Phi) is 5.15. The number of rotatable bonds is 3. The fourth-order valence-electron chi connectivity index (χ4n) is 2.96. The number of aryl methyl sites for hydroxylation is 1. The van der Waals surface area contributed by atoms with Crippen LogP contribution >= 0.6 is 11.6 Å². The molecule has 1 fully saturated rings. The molecule has 27 heavy (non-hydrogen) atoms. The van der Waals surface area contributed by atoms with Gasteiger partial charge in [-0.2, -0.15) is 13.2 Å². The van der Waals surface area contributed by atoms with Gasteiger partial charge in [-0.25, -0.2) is 0 Å². The van der Waals surface area contributed by atoms with Crippen LogP contribution in [0.5, 0.6) is 0 Å². The maximum absolute atomic E-state index is 12.9. The van der Waals surface area contributed by atoms with Gasteiger partial charge in [-0.05, 0) is 42.8 Å². The van der Waals surface area contributed by atoms with Crippen LogP contribution < -0.4 is 10.2 Å². The third kappa shape index (κ3) is 4.24. The van der Waals surface area contributed by atoms with Gasteiger partial charge in [0.05, 0.1) is 22.2 Å². The van der Waals surface area contributed by atoms with E-state index < -0.39 is 23.6 Å². The average Bonchev–Trinajstić information content (AvgIpc) is 2.98. The van der Waals surface area contributed by atoms with Crippen molar-refractivity contribution >= 4 is 34.8 Å². The van der Waals surface area contributed by atoms with Crippen molar-refractivity contribution in [3.63, 3.8) is 0 Å². The maximum atomic E-state index is 12.9. The van der Waals surface area contributed by atoms with Crippen LogP contribution in [0.4, 0.5) is 24.5 Å².